The van der Waals surface area contributed by atoms with E-state index in [4.69, 9.17) is 17.3 Å². The molecule has 0 amide bonds. The number of fused-ring (bicyclic) bond motifs is 3. The molecule has 1 aliphatic rings. The van der Waals surface area contributed by atoms with Gasteiger partial charge in [-0.15, -0.1) is 0 Å². The van der Waals surface area contributed by atoms with Crippen LogP contribution >= 0.6 is 11.6 Å². The second-order valence-electron chi connectivity index (χ2n) is 3.69. The van der Waals surface area contributed by atoms with Crippen molar-refractivity contribution in [3.63, 3.8) is 0 Å². The van der Waals surface area contributed by atoms with Crippen LogP contribution in [0.25, 0.3) is 11.3 Å². The monoisotopic (exact) mass is 219 g/mol. The van der Waals surface area contributed by atoms with Gasteiger partial charge < -0.3 is 10.7 Å². The predicted octanol–water partition coefficient (Wildman–Crippen LogP) is 2.09. The Kier molecular flexibility index (Phi) is 1.84. The Morgan fingerprint density at radius 1 is 1.47 bits per heavy atom. The molecule has 15 heavy (non-hydrogen) atoms. The maximum atomic E-state index is 5.97. The molecule has 0 aliphatic heterocycles. The summed E-state index contributed by atoms with van der Waals surface area (Å²) in [5.74, 6) is 0.839. The van der Waals surface area contributed by atoms with Gasteiger partial charge >= 0.3 is 0 Å². The van der Waals surface area contributed by atoms with Gasteiger partial charge in [0.25, 0.3) is 0 Å². The van der Waals surface area contributed by atoms with E-state index in [2.05, 4.69) is 16.0 Å². The highest BCUT2D eigenvalue weighted by molar-refractivity contribution is 6.30. The van der Waals surface area contributed by atoms with Gasteiger partial charge in [0.15, 0.2) is 0 Å². The molecule has 0 saturated carbocycles. The first-order valence-electron chi connectivity index (χ1n) is 4.84. The minimum atomic E-state index is 0.447. The van der Waals surface area contributed by atoms with E-state index in [9.17, 15) is 0 Å². The summed E-state index contributed by atoms with van der Waals surface area (Å²) < 4.78 is 0. The SMILES string of the molecule is NCc1nc2c([nH]1)Cc1ccc(Cl)cc1-2. The third-order valence-corrected chi connectivity index (χ3v) is 2.95. The van der Waals surface area contributed by atoms with Gasteiger partial charge in [0.05, 0.1) is 12.2 Å². The smallest absolute Gasteiger partial charge is 0.120 e. The lowest BCUT2D eigenvalue weighted by atomic mass is 10.1. The zero-order valence-corrected chi connectivity index (χ0v) is 8.80. The second-order valence-corrected chi connectivity index (χ2v) is 4.13. The molecule has 1 heterocycles. The minimum Gasteiger partial charge on any atom is -0.344 e. The third-order valence-electron chi connectivity index (χ3n) is 2.72. The van der Waals surface area contributed by atoms with Gasteiger partial charge in [-0.1, -0.05) is 17.7 Å². The van der Waals surface area contributed by atoms with Crippen LogP contribution in [0.2, 0.25) is 5.02 Å². The van der Waals surface area contributed by atoms with E-state index in [1.54, 1.807) is 0 Å². The van der Waals surface area contributed by atoms with Crippen molar-refractivity contribution in [2.24, 2.45) is 5.73 Å². The molecule has 76 valence electrons. The molecule has 3 N–H and O–H groups in total. The van der Waals surface area contributed by atoms with Crippen molar-refractivity contribution in [2.75, 3.05) is 0 Å². The Morgan fingerprint density at radius 3 is 3.13 bits per heavy atom. The van der Waals surface area contributed by atoms with Gasteiger partial charge in [-0.25, -0.2) is 4.98 Å². The van der Waals surface area contributed by atoms with Crippen molar-refractivity contribution < 1.29 is 0 Å². The summed E-state index contributed by atoms with van der Waals surface area (Å²) in [5, 5.41) is 0.749. The van der Waals surface area contributed by atoms with Crippen LogP contribution in [0.3, 0.4) is 0 Å². The van der Waals surface area contributed by atoms with Crippen LogP contribution in [0.5, 0.6) is 0 Å². The minimum absolute atomic E-state index is 0.447. The number of benzene rings is 1. The van der Waals surface area contributed by atoms with Gasteiger partial charge in [0.1, 0.15) is 5.82 Å². The van der Waals surface area contributed by atoms with Crippen LogP contribution in [-0.4, -0.2) is 9.97 Å². The van der Waals surface area contributed by atoms with E-state index in [-0.39, 0.29) is 0 Å². The van der Waals surface area contributed by atoms with Crippen molar-refractivity contribution in [3.8, 4) is 11.3 Å². The molecule has 0 saturated heterocycles. The maximum absolute atomic E-state index is 5.97. The van der Waals surface area contributed by atoms with Crippen LogP contribution in [0.15, 0.2) is 18.2 Å². The molecule has 4 heteroatoms. The molecular weight excluding hydrogens is 210 g/mol. The number of aromatic nitrogens is 2. The fraction of sp³-hybridized carbons (Fsp3) is 0.182. The highest BCUT2D eigenvalue weighted by Gasteiger charge is 2.22. The van der Waals surface area contributed by atoms with E-state index in [1.807, 2.05) is 12.1 Å². The predicted molar refractivity (Wildman–Crippen MR) is 59.7 cm³/mol. The summed E-state index contributed by atoms with van der Waals surface area (Å²) in [6, 6.07) is 5.93. The summed E-state index contributed by atoms with van der Waals surface area (Å²) in [7, 11) is 0. The molecule has 0 radical (unpaired) electrons. The number of hydrogen-bond donors (Lipinski definition) is 2. The number of aromatic amines is 1. The summed E-state index contributed by atoms with van der Waals surface area (Å²) in [6.45, 7) is 0.447. The lowest BCUT2D eigenvalue weighted by Crippen LogP contribution is -1.99. The summed E-state index contributed by atoms with van der Waals surface area (Å²) in [6.07, 6.45) is 0.898. The molecule has 0 fully saturated rings. The average Bonchev–Trinajstić information content (AvgIpc) is 2.75. The summed E-state index contributed by atoms with van der Waals surface area (Å²) >= 11 is 5.97. The van der Waals surface area contributed by atoms with E-state index < -0.39 is 0 Å². The molecule has 0 unspecified atom stereocenters. The average molecular weight is 220 g/mol. The normalized spacial score (nSPS) is 12.7. The van der Waals surface area contributed by atoms with Gasteiger partial charge in [0.2, 0.25) is 0 Å². The number of nitrogens with one attached hydrogen (secondary N) is 1. The Balaban J connectivity index is 2.19. The van der Waals surface area contributed by atoms with Crippen LogP contribution in [0.1, 0.15) is 17.1 Å². The number of hydrogen-bond acceptors (Lipinski definition) is 2. The Labute approximate surface area is 92.3 Å². The van der Waals surface area contributed by atoms with Crippen LogP contribution < -0.4 is 5.73 Å². The van der Waals surface area contributed by atoms with Crippen molar-refractivity contribution >= 4 is 11.6 Å². The highest BCUT2D eigenvalue weighted by atomic mass is 35.5. The molecule has 2 aromatic rings. The molecule has 1 aromatic carbocycles. The highest BCUT2D eigenvalue weighted by Crippen LogP contribution is 2.36. The second kappa shape index (κ2) is 3.08. The third kappa shape index (κ3) is 1.28. The number of H-pyrrole nitrogens is 1. The van der Waals surface area contributed by atoms with E-state index in [0.29, 0.717) is 6.54 Å². The number of nitrogens with zero attached hydrogens (tertiary/aromatic N) is 1. The van der Waals surface area contributed by atoms with Crippen molar-refractivity contribution in [1.29, 1.82) is 0 Å². The zero-order chi connectivity index (χ0) is 10.4. The van der Waals surface area contributed by atoms with E-state index in [1.165, 1.54) is 5.56 Å². The van der Waals surface area contributed by atoms with Gasteiger partial charge in [-0.05, 0) is 17.7 Å². The van der Waals surface area contributed by atoms with Gasteiger partial charge in [-0.3, -0.25) is 0 Å². The van der Waals surface area contributed by atoms with Crippen molar-refractivity contribution in [2.45, 2.75) is 13.0 Å². The van der Waals surface area contributed by atoms with Crippen LogP contribution in [0.4, 0.5) is 0 Å². The van der Waals surface area contributed by atoms with E-state index in [0.717, 1.165) is 34.2 Å². The number of halogens is 1. The van der Waals surface area contributed by atoms with Gasteiger partial charge in [0, 0.05) is 22.7 Å². The van der Waals surface area contributed by atoms with Gasteiger partial charge in [-0.2, -0.15) is 0 Å². The molecule has 1 aromatic heterocycles. The largest absolute Gasteiger partial charge is 0.344 e. The molecule has 3 rings (SSSR count). The topological polar surface area (TPSA) is 54.7 Å². The van der Waals surface area contributed by atoms with Crippen molar-refractivity contribution in [3.05, 3.63) is 40.3 Å². The van der Waals surface area contributed by atoms with E-state index >= 15 is 0 Å². The number of imidazole rings is 1. The summed E-state index contributed by atoms with van der Waals surface area (Å²) in [5.41, 5.74) is 10.1. The first-order chi connectivity index (χ1) is 7.28. The fourth-order valence-corrected chi connectivity index (χ4v) is 2.20. The maximum Gasteiger partial charge on any atom is 0.120 e. The van der Waals surface area contributed by atoms with Crippen molar-refractivity contribution in [1.82, 2.24) is 9.97 Å². The molecule has 3 nitrogen and oxygen atoms in total. The Hall–Kier alpha value is -1.32. The van der Waals surface area contributed by atoms with Crippen LogP contribution in [0, 0.1) is 0 Å². The summed E-state index contributed by atoms with van der Waals surface area (Å²) in [4.78, 5) is 7.68. The fourth-order valence-electron chi connectivity index (χ4n) is 2.02. The Morgan fingerprint density at radius 2 is 2.33 bits per heavy atom. The standard InChI is InChI=1S/C11H10ClN3/c12-7-2-1-6-3-9-11(8(6)4-7)15-10(5-13)14-9/h1-2,4H,3,5,13H2,(H,14,15). The molecule has 0 bridgehead atoms. The number of nitrogens with two attached hydrogens (primary N) is 1. The molecule has 0 atom stereocenters. The van der Waals surface area contributed by atoms with Crippen LogP contribution in [-0.2, 0) is 13.0 Å². The number of rotatable bonds is 1. The molecule has 0 spiro atoms. The molecular formula is C11H10ClN3. The quantitative estimate of drug-likeness (QED) is 0.659. The molecule has 1 aliphatic carbocycles. The first-order valence-corrected chi connectivity index (χ1v) is 5.22. The lowest BCUT2D eigenvalue weighted by Gasteiger charge is -1.99. The Bertz CT molecular complexity index is 531. The zero-order valence-electron chi connectivity index (χ0n) is 8.05. The lowest BCUT2D eigenvalue weighted by molar-refractivity contribution is 0.934. The first kappa shape index (κ1) is 8.95.